The maximum Gasteiger partial charge on any atom is 0.488 e. The van der Waals surface area contributed by atoms with Crippen LogP contribution in [-0.4, -0.2) is 24.3 Å². The van der Waals surface area contributed by atoms with E-state index in [1.807, 2.05) is 0 Å². The molecule has 0 spiro atoms. The van der Waals surface area contributed by atoms with Crippen molar-refractivity contribution in [3.8, 4) is 0 Å². The monoisotopic (exact) mass is 181 g/mol. The predicted molar refractivity (Wildman–Crippen MR) is 50.1 cm³/mol. The molecule has 13 heavy (non-hydrogen) atoms. The zero-order valence-corrected chi connectivity index (χ0v) is 7.40. The first-order valence-electron chi connectivity index (χ1n) is 3.95. The highest BCUT2D eigenvalue weighted by Crippen LogP contribution is 1.96. The lowest BCUT2D eigenvalue weighted by Crippen LogP contribution is -2.29. The summed E-state index contributed by atoms with van der Waals surface area (Å²) in [6.07, 6.45) is 0. The number of hydrogen-bond donors (Lipinski definition) is 3. The van der Waals surface area contributed by atoms with Crippen LogP contribution in [-0.2, 0) is 11.4 Å². The molecule has 1 rings (SSSR count). The largest absolute Gasteiger partial charge is 0.488 e. The van der Waals surface area contributed by atoms with E-state index in [0.29, 0.717) is 12.0 Å². The summed E-state index contributed by atoms with van der Waals surface area (Å²) in [6.45, 7) is 0.596. The van der Waals surface area contributed by atoms with Crippen LogP contribution in [0.5, 0.6) is 0 Å². The summed E-state index contributed by atoms with van der Waals surface area (Å²) in [5.41, 5.74) is 4.20. The minimum atomic E-state index is -1.40. The van der Waals surface area contributed by atoms with Crippen molar-refractivity contribution in [1.29, 1.82) is 0 Å². The Morgan fingerprint density at radius 2 is 1.92 bits per heavy atom. The average Bonchev–Trinajstić information content (AvgIpc) is 2.15. The average molecular weight is 181 g/mol. The van der Waals surface area contributed by atoms with Crippen LogP contribution in [0, 0.1) is 0 Å². The van der Waals surface area contributed by atoms with Crippen LogP contribution in [0.2, 0.25) is 0 Å². The third-order valence-corrected chi connectivity index (χ3v) is 1.70. The highest BCUT2D eigenvalue weighted by Gasteiger charge is 2.09. The van der Waals surface area contributed by atoms with E-state index in [1.165, 1.54) is 0 Å². The van der Waals surface area contributed by atoms with E-state index in [-0.39, 0.29) is 0 Å². The molecule has 0 unspecified atom stereocenters. The van der Waals surface area contributed by atoms with Gasteiger partial charge < -0.3 is 14.9 Å². The standard InChI is InChI=1S/C8H12BNO3/c1-13-10-6-7-2-4-8(5-3-7)9(11)12/h2-5,10-12H,6H2,1H3. The molecule has 0 bridgehead atoms. The van der Waals surface area contributed by atoms with Crippen LogP contribution < -0.4 is 10.9 Å². The first-order chi connectivity index (χ1) is 6.24. The Morgan fingerprint density at radius 3 is 2.38 bits per heavy atom. The van der Waals surface area contributed by atoms with Gasteiger partial charge in [0, 0.05) is 6.54 Å². The van der Waals surface area contributed by atoms with Gasteiger partial charge in [-0.25, -0.2) is 0 Å². The van der Waals surface area contributed by atoms with Gasteiger partial charge in [0.1, 0.15) is 0 Å². The Hall–Kier alpha value is -0.875. The predicted octanol–water partition coefficient (Wildman–Crippen LogP) is -0.983. The van der Waals surface area contributed by atoms with Crippen molar-refractivity contribution in [2.24, 2.45) is 0 Å². The number of nitrogens with one attached hydrogen (secondary N) is 1. The van der Waals surface area contributed by atoms with Crippen molar-refractivity contribution in [3.63, 3.8) is 0 Å². The Kier molecular flexibility index (Phi) is 3.91. The van der Waals surface area contributed by atoms with E-state index in [9.17, 15) is 0 Å². The number of hydroxylamine groups is 1. The smallest absolute Gasteiger partial charge is 0.423 e. The molecule has 1 aromatic carbocycles. The molecular formula is C8H12BNO3. The molecule has 0 aliphatic rings. The van der Waals surface area contributed by atoms with Gasteiger partial charge in [0.15, 0.2) is 0 Å². The zero-order chi connectivity index (χ0) is 9.68. The van der Waals surface area contributed by atoms with Crippen LogP contribution in [0.15, 0.2) is 24.3 Å². The Balaban J connectivity index is 2.59. The van der Waals surface area contributed by atoms with Gasteiger partial charge in [0.05, 0.1) is 7.11 Å². The summed E-state index contributed by atoms with van der Waals surface area (Å²) < 4.78 is 0. The molecule has 0 saturated heterocycles. The van der Waals surface area contributed by atoms with Crippen molar-refractivity contribution in [2.75, 3.05) is 7.11 Å². The normalized spacial score (nSPS) is 10.1. The van der Waals surface area contributed by atoms with Crippen molar-refractivity contribution >= 4 is 12.6 Å². The zero-order valence-electron chi connectivity index (χ0n) is 7.40. The van der Waals surface area contributed by atoms with Gasteiger partial charge in [0.2, 0.25) is 0 Å². The van der Waals surface area contributed by atoms with Gasteiger partial charge in [-0.3, -0.25) is 0 Å². The van der Waals surface area contributed by atoms with Gasteiger partial charge in [-0.2, -0.15) is 5.48 Å². The molecule has 0 saturated carbocycles. The molecule has 3 N–H and O–H groups in total. The maximum absolute atomic E-state index is 8.81. The Morgan fingerprint density at radius 1 is 1.31 bits per heavy atom. The number of hydrogen-bond acceptors (Lipinski definition) is 4. The molecular weight excluding hydrogens is 169 g/mol. The minimum absolute atomic E-state index is 0.487. The Labute approximate surface area is 77.3 Å². The maximum atomic E-state index is 8.81. The van der Waals surface area contributed by atoms with Crippen molar-refractivity contribution in [2.45, 2.75) is 6.54 Å². The highest BCUT2D eigenvalue weighted by molar-refractivity contribution is 6.58. The third kappa shape index (κ3) is 3.16. The molecule has 5 heteroatoms. The fourth-order valence-corrected chi connectivity index (χ4v) is 0.963. The SMILES string of the molecule is CONCc1ccc(B(O)O)cc1. The first kappa shape index (κ1) is 10.2. The third-order valence-electron chi connectivity index (χ3n) is 1.70. The van der Waals surface area contributed by atoms with E-state index in [4.69, 9.17) is 10.0 Å². The second-order valence-electron chi connectivity index (χ2n) is 2.64. The number of rotatable bonds is 4. The van der Waals surface area contributed by atoms with Gasteiger partial charge in [0.25, 0.3) is 0 Å². The molecule has 0 aliphatic heterocycles. The molecule has 4 nitrogen and oxygen atoms in total. The fraction of sp³-hybridized carbons (Fsp3) is 0.250. The lowest BCUT2D eigenvalue weighted by Gasteiger charge is -2.03. The summed E-state index contributed by atoms with van der Waals surface area (Å²) in [7, 11) is 0.149. The second-order valence-corrected chi connectivity index (χ2v) is 2.64. The topological polar surface area (TPSA) is 61.7 Å². The van der Waals surface area contributed by atoms with E-state index in [0.717, 1.165) is 5.56 Å². The Bertz CT molecular complexity index is 250. The number of benzene rings is 1. The molecule has 0 aromatic heterocycles. The van der Waals surface area contributed by atoms with Crippen LogP contribution in [0.25, 0.3) is 0 Å². The molecule has 0 aliphatic carbocycles. The summed E-state index contributed by atoms with van der Waals surface area (Å²) in [5.74, 6) is 0. The lowest BCUT2D eigenvalue weighted by atomic mass is 9.80. The molecule has 0 fully saturated rings. The minimum Gasteiger partial charge on any atom is -0.423 e. The van der Waals surface area contributed by atoms with E-state index in [2.05, 4.69) is 10.3 Å². The van der Waals surface area contributed by atoms with Crippen LogP contribution >= 0.6 is 0 Å². The van der Waals surface area contributed by atoms with E-state index in [1.54, 1.807) is 31.4 Å². The molecule has 70 valence electrons. The van der Waals surface area contributed by atoms with Gasteiger partial charge in [-0.15, -0.1) is 0 Å². The van der Waals surface area contributed by atoms with Crippen molar-refractivity contribution in [1.82, 2.24) is 5.48 Å². The van der Waals surface area contributed by atoms with Crippen molar-refractivity contribution < 1.29 is 14.9 Å². The van der Waals surface area contributed by atoms with Gasteiger partial charge in [-0.1, -0.05) is 24.3 Å². The van der Waals surface area contributed by atoms with Crippen LogP contribution in [0.4, 0.5) is 0 Å². The molecule has 0 heterocycles. The van der Waals surface area contributed by atoms with E-state index >= 15 is 0 Å². The molecule has 0 amide bonds. The highest BCUT2D eigenvalue weighted by atomic mass is 16.6. The van der Waals surface area contributed by atoms with Crippen LogP contribution in [0.3, 0.4) is 0 Å². The summed E-state index contributed by atoms with van der Waals surface area (Å²) in [6, 6.07) is 6.94. The first-order valence-corrected chi connectivity index (χ1v) is 3.95. The van der Waals surface area contributed by atoms with Gasteiger partial charge in [-0.05, 0) is 11.0 Å². The van der Waals surface area contributed by atoms with Gasteiger partial charge >= 0.3 is 7.12 Å². The summed E-state index contributed by atoms with van der Waals surface area (Å²) >= 11 is 0. The molecule has 0 atom stereocenters. The molecule has 0 radical (unpaired) electrons. The van der Waals surface area contributed by atoms with Crippen LogP contribution in [0.1, 0.15) is 5.56 Å². The van der Waals surface area contributed by atoms with E-state index < -0.39 is 7.12 Å². The molecule has 1 aromatic rings. The van der Waals surface area contributed by atoms with Crippen molar-refractivity contribution in [3.05, 3.63) is 29.8 Å². The lowest BCUT2D eigenvalue weighted by molar-refractivity contribution is 0.0867. The second kappa shape index (κ2) is 4.99. The summed E-state index contributed by atoms with van der Waals surface area (Å²) in [4.78, 5) is 4.67. The fourth-order valence-electron chi connectivity index (χ4n) is 0.963. The quantitative estimate of drug-likeness (QED) is 0.412. The summed E-state index contributed by atoms with van der Waals surface area (Å²) in [5, 5.41) is 17.6.